The zero-order chi connectivity index (χ0) is 13.7. The van der Waals surface area contributed by atoms with Gasteiger partial charge in [0.15, 0.2) is 6.04 Å². The van der Waals surface area contributed by atoms with Crippen molar-refractivity contribution in [2.45, 2.75) is 13.0 Å². The average molecular weight is 273 g/mol. The molecule has 0 unspecified atom stereocenters. The zero-order valence-corrected chi connectivity index (χ0v) is 10.4. The second-order valence-electron chi connectivity index (χ2n) is 3.58. The summed E-state index contributed by atoms with van der Waals surface area (Å²) in [6.07, 6.45) is 0. The number of carbonyl (C=O) groups excluding carboxylic acids is 1. The summed E-state index contributed by atoms with van der Waals surface area (Å²) in [5.41, 5.74) is 1.15. The topological polar surface area (TPSA) is 98.7 Å². The fourth-order valence-corrected chi connectivity index (χ4v) is 1.42. The van der Waals surface area contributed by atoms with Crippen LogP contribution in [0.4, 0.5) is 10.5 Å². The number of carboxylic acids is 1. The number of hydrogen-bond donors (Lipinski definition) is 4. The van der Waals surface area contributed by atoms with Gasteiger partial charge in [-0.05, 0) is 24.6 Å². The first-order valence-electron chi connectivity index (χ1n) is 5.12. The van der Waals surface area contributed by atoms with E-state index in [2.05, 4.69) is 10.6 Å². The fraction of sp³-hybridized carbons (Fsp3) is 0.273. The van der Waals surface area contributed by atoms with Crippen molar-refractivity contribution in [2.75, 3.05) is 11.9 Å². The summed E-state index contributed by atoms with van der Waals surface area (Å²) in [4.78, 5) is 22.1. The third-order valence-corrected chi connectivity index (χ3v) is 2.71. The summed E-state index contributed by atoms with van der Waals surface area (Å²) in [5, 5.41) is 22.5. The minimum atomic E-state index is -1.34. The second kappa shape index (κ2) is 6.23. The first kappa shape index (κ1) is 14.3. The van der Waals surface area contributed by atoms with Crippen molar-refractivity contribution in [3.05, 3.63) is 28.8 Å². The molecular formula is C11H13ClN2O4. The minimum absolute atomic E-state index is 0.474. The molecule has 98 valence electrons. The van der Waals surface area contributed by atoms with Gasteiger partial charge < -0.3 is 20.8 Å². The number of anilines is 1. The summed E-state index contributed by atoms with van der Waals surface area (Å²) in [7, 11) is 0. The maximum Gasteiger partial charge on any atom is 0.328 e. The van der Waals surface area contributed by atoms with Crippen LogP contribution in [0.5, 0.6) is 0 Å². The number of hydrogen-bond acceptors (Lipinski definition) is 3. The Labute approximate surface area is 109 Å². The van der Waals surface area contributed by atoms with Crippen LogP contribution in [0.15, 0.2) is 18.2 Å². The number of benzene rings is 1. The third kappa shape index (κ3) is 3.61. The maximum atomic E-state index is 11.5. The molecule has 0 spiro atoms. The van der Waals surface area contributed by atoms with Gasteiger partial charge >= 0.3 is 12.0 Å². The zero-order valence-electron chi connectivity index (χ0n) is 9.61. The number of halogens is 1. The SMILES string of the molecule is Cc1c(Cl)cccc1NC(=O)N[C@@H](CO)C(=O)O. The van der Waals surface area contributed by atoms with Gasteiger partial charge in [0.05, 0.1) is 6.61 Å². The van der Waals surface area contributed by atoms with Crippen LogP contribution in [0.2, 0.25) is 5.02 Å². The summed E-state index contributed by atoms with van der Waals surface area (Å²) in [6, 6.07) is 2.90. The number of urea groups is 1. The van der Waals surface area contributed by atoms with E-state index in [1.807, 2.05) is 0 Å². The summed E-state index contributed by atoms with van der Waals surface area (Å²) < 4.78 is 0. The van der Waals surface area contributed by atoms with Crippen LogP contribution in [0.25, 0.3) is 0 Å². The van der Waals surface area contributed by atoms with Crippen molar-refractivity contribution in [1.29, 1.82) is 0 Å². The number of nitrogens with one attached hydrogen (secondary N) is 2. The molecule has 6 nitrogen and oxygen atoms in total. The molecule has 1 aromatic carbocycles. The van der Waals surface area contributed by atoms with Gasteiger partial charge in [0.2, 0.25) is 0 Å². The highest BCUT2D eigenvalue weighted by atomic mass is 35.5. The van der Waals surface area contributed by atoms with Crippen LogP contribution in [0.3, 0.4) is 0 Å². The van der Waals surface area contributed by atoms with Gasteiger partial charge in [-0.15, -0.1) is 0 Å². The van der Waals surface area contributed by atoms with E-state index in [1.165, 1.54) is 0 Å². The molecule has 0 saturated heterocycles. The van der Waals surface area contributed by atoms with Crippen LogP contribution in [0.1, 0.15) is 5.56 Å². The number of carbonyl (C=O) groups is 2. The summed E-state index contributed by atoms with van der Waals surface area (Å²) >= 11 is 5.87. The molecule has 1 aromatic rings. The molecule has 0 bridgehead atoms. The van der Waals surface area contributed by atoms with E-state index in [0.717, 1.165) is 0 Å². The number of aliphatic hydroxyl groups is 1. The van der Waals surface area contributed by atoms with Crippen LogP contribution in [0, 0.1) is 6.92 Å². The molecule has 2 amide bonds. The molecule has 0 aliphatic heterocycles. The lowest BCUT2D eigenvalue weighted by atomic mass is 10.2. The van der Waals surface area contributed by atoms with Crippen molar-refractivity contribution in [3.63, 3.8) is 0 Å². The van der Waals surface area contributed by atoms with Crippen LogP contribution >= 0.6 is 11.6 Å². The highest BCUT2D eigenvalue weighted by molar-refractivity contribution is 6.31. The second-order valence-corrected chi connectivity index (χ2v) is 3.99. The standard InChI is InChI=1S/C11H13ClN2O4/c1-6-7(12)3-2-4-8(6)13-11(18)14-9(5-15)10(16)17/h2-4,9,15H,5H2,1H3,(H,16,17)(H2,13,14,18)/t9-/m0/s1. The van der Waals surface area contributed by atoms with E-state index in [1.54, 1.807) is 25.1 Å². The summed E-state index contributed by atoms with van der Waals surface area (Å²) in [5.74, 6) is -1.31. The van der Waals surface area contributed by atoms with Gasteiger partial charge in [-0.3, -0.25) is 0 Å². The van der Waals surface area contributed by atoms with E-state index in [4.69, 9.17) is 21.8 Å². The van der Waals surface area contributed by atoms with Crippen LogP contribution in [-0.4, -0.2) is 34.9 Å². The van der Waals surface area contributed by atoms with Crippen molar-refractivity contribution >= 4 is 29.3 Å². The number of amides is 2. The molecule has 0 aromatic heterocycles. The molecular weight excluding hydrogens is 260 g/mol. The average Bonchev–Trinajstić information content (AvgIpc) is 2.31. The molecule has 1 rings (SSSR count). The number of aliphatic hydroxyl groups excluding tert-OH is 1. The van der Waals surface area contributed by atoms with Gasteiger partial charge in [0.25, 0.3) is 0 Å². The van der Waals surface area contributed by atoms with Crippen molar-refractivity contribution in [3.8, 4) is 0 Å². The Morgan fingerprint density at radius 2 is 2.11 bits per heavy atom. The monoisotopic (exact) mass is 272 g/mol. The molecule has 0 fully saturated rings. The smallest absolute Gasteiger partial charge is 0.328 e. The lowest BCUT2D eigenvalue weighted by Gasteiger charge is -2.14. The highest BCUT2D eigenvalue weighted by Gasteiger charge is 2.18. The van der Waals surface area contributed by atoms with Gasteiger partial charge in [-0.2, -0.15) is 0 Å². The Morgan fingerprint density at radius 1 is 1.44 bits per heavy atom. The molecule has 7 heteroatoms. The van der Waals surface area contributed by atoms with Gasteiger partial charge in [-0.1, -0.05) is 17.7 Å². The van der Waals surface area contributed by atoms with E-state index < -0.39 is 24.6 Å². The summed E-state index contributed by atoms with van der Waals surface area (Å²) in [6.45, 7) is 1.04. The van der Waals surface area contributed by atoms with Crippen LogP contribution < -0.4 is 10.6 Å². The van der Waals surface area contributed by atoms with E-state index in [0.29, 0.717) is 16.3 Å². The molecule has 0 aliphatic carbocycles. The van der Waals surface area contributed by atoms with E-state index in [9.17, 15) is 9.59 Å². The largest absolute Gasteiger partial charge is 0.480 e. The van der Waals surface area contributed by atoms with Crippen molar-refractivity contribution in [1.82, 2.24) is 5.32 Å². The number of carboxylic acid groups (broad SMARTS) is 1. The quantitative estimate of drug-likeness (QED) is 0.662. The Hall–Kier alpha value is -1.79. The molecule has 0 radical (unpaired) electrons. The normalized spacial score (nSPS) is 11.7. The third-order valence-electron chi connectivity index (χ3n) is 2.30. The lowest BCUT2D eigenvalue weighted by molar-refractivity contribution is -0.140. The Morgan fingerprint density at radius 3 is 2.67 bits per heavy atom. The maximum absolute atomic E-state index is 11.5. The minimum Gasteiger partial charge on any atom is -0.480 e. The van der Waals surface area contributed by atoms with Gasteiger partial charge in [-0.25, -0.2) is 9.59 Å². The fourth-order valence-electron chi connectivity index (χ4n) is 1.25. The first-order valence-corrected chi connectivity index (χ1v) is 5.49. The Balaban J connectivity index is 2.70. The molecule has 18 heavy (non-hydrogen) atoms. The van der Waals surface area contributed by atoms with Crippen LogP contribution in [-0.2, 0) is 4.79 Å². The molecule has 1 atom stereocenters. The highest BCUT2D eigenvalue weighted by Crippen LogP contribution is 2.22. The molecule has 4 N–H and O–H groups in total. The lowest BCUT2D eigenvalue weighted by Crippen LogP contribution is -2.45. The predicted molar refractivity (Wildman–Crippen MR) is 66.9 cm³/mol. The van der Waals surface area contributed by atoms with E-state index >= 15 is 0 Å². The molecule has 0 saturated carbocycles. The number of rotatable bonds is 4. The van der Waals surface area contributed by atoms with E-state index in [-0.39, 0.29) is 0 Å². The molecule has 0 heterocycles. The molecule has 0 aliphatic rings. The van der Waals surface area contributed by atoms with Crippen molar-refractivity contribution < 1.29 is 19.8 Å². The Bertz CT molecular complexity index is 464. The van der Waals surface area contributed by atoms with Crippen molar-refractivity contribution in [2.24, 2.45) is 0 Å². The van der Waals surface area contributed by atoms with Gasteiger partial charge in [0, 0.05) is 10.7 Å². The van der Waals surface area contributed by atoms with Gasteiger partial charge in [0.1, 0.15) is 0 Å². The number of aliphatic carboxylic acids is 1. The first-order chi connectivity index (χ1) is 8.45. The predicted octanol–water partition coefficient (Wildman–Crippen LogP) is 1.22. The Kier molecular flexibility index (Phi) is 4.94.